The second-order valence-electron chi connectivity index (χ2n) is 7.27. The van der Waals surface area contributed by atoms with Gasteiger partial charge in [-0.15, -0.1) is 0 Å². The molecule has 29 heavy (non-hydrogen) atoms. The van der Waals surface area contributed by atoms with Crippen LogP contribution in [0.25, 0.3) is 0 Å². The maximum atomic E-state index is 12.6. The van der Waals surface area contributed by atoms with Crippen molar-refractivity contribution in [3.63, 3.8) is 0 Å². The van der Waals surface area contributed by atoms with Crippen molar-refractivity contribution in [2.45, 2.75) is 51.9 Å². The second kappa shape index (κ2) is 10.5. The molecule has 156 valence electrons. The van der Waals surface area contributed by atoms with Gasteiger partial charge >= 0.3 is 12.1 Å². The lowest BCUT2D eigenvalue weighted by Crippen LogP contribution is -2.45. The molecule has 2 rings (SSSR count). The summed E-state index contributed by atoms with van der Waals surface area (Å²) >= 11 is 12.0. The van der Waals surface area contributed by atoms with Crippen molar-refractivity contribution in [3.8, 4) is 0 Å². The van der Waals surface area contributed by atoms with Gasteiger partial charge in [0.15, 0.2) is 0 Å². The molecular formula is C22H25Cl2NO4. The highest BCUT2D eigenvalue weighted by molar-refractivity contribution is 6.42. The number of hydrogen-bond acceptors (Lipinski definition) is 4. The number of carbonyl (C=O) groups is 2. The first kappa shape index (κ1) is 23.0. The number of nitrogens with one attached hydrogen (secondary N) is 1. The van der Waals surface area contributed by atoms with Crippen LogP contribution in [0.15, 0.2) is 48.5 Å². The van der Waals surface area contributed by atoms with E-state index in [1.54, 1.807) is 32.9 Å². The average Bonchev–Trinajstić information content (AvgIpc) is 2.67. The summed E-state index contributed by atoms with van der Waals surface area (Å²) < 4.78 is 10.8. The summed E-state index contributed by atoms with van der Waals surface area (Å²) in [5, 5.41) is 3.48. The second-order valence-corrected chi connectivity index (χ2v) is 8.09. The van der Waals surface area contributed by atoms with Gasteiger partial charge in [-0.2, -0.15) is 0 Å². The van der Waals surface area contributed by atoms with Crippen LogP contribution >= 0.6 is 23.2 Å². The molecule has 2 aromatic carbocycles. The SMILES string of the molecule is CCC(NC(=O)OCc1ccccc1)C(=O)OC(C)(C)Cc1ccc(Cl)c(Cl)c1. The molecule has 0 radical (unpaired) electrons. The average molecular weight is 438 g/mol. The summed E-state index contributed by atoms with van der Waals surface area (Å²) in [5.41, 5.74) is 0.957. The number of rotatable bonds is 8. The van der Waals surface area contributed by atoms with E-state index in [0.717, 1.165) is 11.1 Å². The highest BCUT2D eigenvalue weighted by Gasteiger charge is 2.29. The number of esters is 1. The normalized spacial score (nSPS) is 12.2. The van der Waals surface area contributed by atoms with Crippen LogP contribution in [0, 0.1) is 0 Å². The minimum Gasteiger partial charge on any atom is -0.458 e. The third-order valence-electron chi connectivity index (χ3n) is 4.19. The molecular weight excluding hydrogens is 413 g/mol. The number of benzene rings is 2. The summed E-state index contributed by atoms with van der Waals surface area (Å²) in [4.78, 5) is 24.6. The van der Waals surface area contributed by atoms with Crippen LogP contribution in [0.2, 0.25) is 10.0 Å². The summed E-state index contributed by atoms with van der Waals surface area (Å²) in [5.74, 6) is -0.519. The third kappa shape index (κ3) is 7.59. The summed E-state index contributed by atoms with van der Waals surface area (Å²) in [6, 6.07) is 13.8. The Morgan fingerprint density at radius 3 is 2.34 bits per heavy atom. The van der Waals surface area contributed by atoms with E-state index in [1.807, 2.05) is 36.4 Å². The molecule has 1 amide bonds. The van der Waals surface area contributed by atoms with Crippen molar-refractivity contribution in [2.24, 2.45) is 0 Å². The molecule has 0 saturated carbocycles. The van der Waals surface area contributed by atoms with Crippen molar-refractivity contribution in [1.29, 1.82) is 0 Å². The Labute approximate surface area is 181 Å². The molecule has 1 unspecified atom stereocenters. The fourth-order valence-corrected chi connectivity index (χ4v) is 3.08. The van der Waals surface area contributed by atoms with Crippen LogP contribution in [0.3, 0.4) is 0 Å². The zero-order valence-corrected chi connectivity index (χ0v) is 18.2. The van der Waals surface area contributed by atoms with Gasteiger partial charge in [-0.3, -0.25) is 0 Å². The molecule has 2 aromatic rings. The van der Waals surface area contributed by atoms with Crippen LogP contribution in [0.1, 0.15) is 38.3 Å². The van der Waals surface area contributed by atoms with Crippen LogP contribution in [-0.4, -0.2) is 23.7 Å². The number of amides is 1. The van der Waals surface area contributed by atoms with E-state index < -0.39 is 23.7 Å². The lowest BCUT2D eigenvalue weighted by Gasteiger charge is -2.28. The summed E-state index contributed by atoms with van der Waals surface area (Å²) in [6.45, 7) is 5.51. The van der Waals surface area contributed by atoms with Gasteiger partial charge in [0, 0.05) is 6.42 Å². The lowest BCUT2D eigenvalue weighted by atomic mass is 9.98. The lowest BCUT2D eigenvalue weighted by molar-refractivity contribution is -0.158. The van der Waals surface area contributed by atoms with Crippen LogP contribution < -0.4 is 5.32 Å². The Morgan fingerprint density at radius 2 is 1.72 bits per heavy atom. The number of hydrogen-bond donors (Lipinski definition) is 1. The third-order valence-corrected chi connectivity index (χ3v) is 4.93. The van der Waals surface area contributed by atoms with Crippen molar-refractivity contribution in [3.05, 3.63) is 69.7 Å². The highest BCUT2D eigenvalue weighted by atomic mass is 35.5. The molecule has 0 bridgehead atoms. The van der Waals surface area contributed by atoms with Crippen molar-refractivity contribution in [1.82, 2.24) is 5.32 Å². The number of ether oxygens (including phenoxy) is 2. The summed E-state index contributed by atoms with van der Waals surface area (Å²) in [6.07, 6.45) is 0.159. The topological polar surface area (TPSA) is 64.6 Å². The minimum absolute atomic E-state index is 0.126. The highest BCUT2D eigenvalue weighted by Crippen LogP contribution is 2.26. The maximum absolute atomic E-state index is 12.6. The quantitative estimate of drug-likeness (QED) is 0.548. The Bertz CT molecular complexity index is 840. The molecule has 0 aromatic heterocycles. The van der Waals surface area contributed by atoms with Gasteiger partial charge < -0.3 is 14.8 Å². The van der Waals surface area contributed by atoms with E-state index >= 15 is 0 Å². The largest absolute Gasteiger partial charge is 0.458 e. The first-order valence-corrected chi connectivity index (χ1v) is 10.1. The molecule has 0 saturated heterocycles. The molecule has 0 heterocycles. The van der Waals surface area contributed by atoms with Gasteiger partial charge in [-0.1, -0.05) is 66.5 Å². The Hall–Kier alpha value is -2.24. The first-order valence-electron chi connectivity index (χ1n) is 9.34. The zero-order chi connectivity index (χ0) is 21.4. The fraction of sp³-hybridized carbons (Fsp3) is 0.364. The van der Waals surface area contributed by atoms with Crippen LogP contribution in [0.4, 0.5) is 4.79 Å². The van der Waals surface area contributed by atoms with Crippen molar-refractivity contribution in [2.75, 3.05) is 0 Å². The number of carbonyl (C=O) groups excluding carboxylic acids is 2. The number of alkyl carbamates (subject to hydrolysis) is 1. The molecule has 5 nitrogen and oxygen atoms in total. The van der Waals surface area contributed by atoms with E-state index in [0.29, 0.717) is 22.9 Å². The van der Waals surface area contributed by atoms with E-state index in [-0.39, 0.29) is 6.61 Å². The minimum atomic E-state index is -0.800. The zero-order valence-electron chi connectivity index (χ0n) is 16.7. The van der Waals surface area contributed by atoms with Gasteiger partial charge in [0.1, 0.15) is 18.2 Å². The Balaban J connectivity index is 1.89. The first-order chi connectivity index (χ1) is 13.7. The maximum Gasteiger partial charge on any atom is 0.408 e. The predicted molar refractivity (Wildman–Crippen MR) is 114 cm³/mol. The molecule has 0 aliphatic carbocycles. The molecule has 0 aliphatic rings. The predicted octanol–water partition coefficient (Wildman–Crippen LogP) is 5.56. The van der Waals surface area contributed by atoms with E-state index in [2.05, 4.69) is 5.32 Å². The molecule has 0 spiro atoms. The molecule has 0 fully saturated rings. The van der Waals surface area contributed by atoms with Crippen LogP contribution in [-0.2, 0) is 27.3 Å². The molecule has 0 aliphatic heterocycles. The molecule has 7 heteroatoms. The Kier molecular flexibility index (Phi) is 8.35. The van der Waals surface area contributed by atoms with Crippen LogP contribution in [0.5, 0.6) is 0 Å². The van der Waals surface area contributed by atoms with Crippen molar-refractivity contribution >= 4 is 35.3 Å². The Morgan fingerprint density at radius 1 is 1.03 bits per heavy atom. The van der Waals surface area contributed by atoms with E-state index in [1.165, 1.54) is 0 Å². The standard InChI is InChI=1S/C22H25Cl2NO4/c1-4-19(25-21(27)28-14-15-8-6-5-7-9-15)20(26)29-22(2,3)13-16-10-11-17(23)18(24)12-16/h5-12,19H,4,13-14H2,1-3H3,(H,25,27). The monoisotopic (exact) mass is 437 g/mol. The van der Waals surface area contributed by atoms with Gasteiger partial charge in [0.05, 0.1) is 10.0 Å². The smallest absolute Gasteiger partial charge is 0.408 e. The fourth-order valence-electron chi connectivity index (χ4n) is 2.76. The molecule has 1 atom stereocenters. The van der Waals surface area contributed by atoms with Gasteiger partial charge in [0.25, 0.3) is 0 Å². The van der Waals surface area contributed by atoms with Gasteiger partial charge in [0.2, 0.25) is 0 Å². The van der Waals surface area contributed by atoms with Gasteiger partial charge in [-0.25, -0.2) is 9.59 Å². The van der Waals surface area contributed by atoms with E-state index in [9.17, 15) is 9.59 Å². The van der Waals surface area contributed by atoms with Gasteiger partial charge in [-0.05, 0) is 43.5 Å². The van der Waals surface area contributed by atoms with E-state index in [4.69, 9.17) is 32.7 Å². The molecule has 1 N–H and O–H groups in total. The van der Waals surface area contributed by atoms with Crippen molar-refractivity contribution < 1.29 is 19.1 Å². The summed E-state index contributed by atoms with van der Waals surface area (Å²) in [7, 11) is 0. The number of halogens is 2.